The van der Waals surface area contributed by atoms with Crippen LogP contribution in [0.5, 0.6) is 0 Å². The number of halogens is 3. The molecule has 6 fully saturated rings. The molecule has 0 spiro atoms. The summed E-state index contributed by atoms with van der Waals surface area (Å²) in [7, 11) is 0. The number of hydrogen-bond donors (Lipinski definition) is 0. The van der Waals surface area contributed by atoms with Crippen molar-refractivity contribution in [2.45, 2.75) is 77.0 Å². The zero-order valence-electron chi connectivity index (χ0n) is 22.0. The summed E-state index contributed by atoms with van der Waals surface area (Å²) in [5, 5.41) is 0. The van der Waals surface area contributed by atoms with Crippen LogP contribution in [0.1, 0.15) is 77.0 Å². The molecule has 0 N–H and O–H groups in total. The predicted octanol–water partition coefficient (Wildman–Crippen LogP) is -4.97. The molecule has 6 heterocycles. The summed E-state index contributed by atoms with van der Waals surface area (Å²) in [5.74, 6) is 0. The van der Waals surface area contributed by atoms with Crippen molar-refractivity contribution in [2.24, 2.45) is 0 Å². The molecule has 6 saturated heterocycles. The van der Waals surface area contributed by atoms with Gasteiger partial charge in [-0.25, -0.2) is 0 Å². The normalized spacial score (nSPS) is 20.6. The van der Waals surface area contributed by atoms with Crippen LogP contribution in [0.2, 0.25) is 0 Å². The Hall–Kier alpha value is 2.16. The molecule has 6 nitrogen and oxygen atoms in total. The van der Waals surface area contributed by atoms with Gasteiger partial charge >= 0.3 is 46.1 Å². The number of hydrogen-bond acceptors (Lipinski definition) is 6. The second-order valence-corrected chi connectivity index (χ2v) is 7.92. The fourth-order valence-corrected chi connectivity index (χ4v) is 3.06. The Kier molecular flexibility index (Phi) is 58.0. The molecule has 0 atom stereocenters. The summed E-state index contributed by atoms with van der Waals surface area (Å²) in [6.07, 6.45) is 15.3. The van der Waals surface area contributed by atoms with Gasteiger partial charge in [-0.3, -0.25) is 0 Å². The Labute approximate surface area is 266 Å². The Morgan fingerprint density at radius 3 is 0.314 bits per heavy atom. The number of ether oxygens (including phenoxy) is 6. The largest absolute Gasteiger partial charge is 2.00 e. The minimum absolute atomic E-state index is 0. The maximum atomic E-state index is 4.94. The fourth-order valence-electron chi connectivity index (χ4n) is 3.06. The minimum Gasteiger partial charge on any atom is -1.00 e. The molecule has 204 valence electrons. The summed E-state index contributed by atoms with van der Waals surface area (Å²) in [6.45, 7) is 12.0. The van der Waals surface area contributed by atoms with Crippen LogP contribution in [0, 0.1) is 0 Å². The molecule has 6 rings (SSSR count). The van der Waals surface area contributed by atoms with Crippen LogP contribution in [0.25, 0.3) is 0 Å². The smallest absolute Gasteiger partial charge is 1.00 e. The monoisotopic (exact) mass is 585 g/mol. The maximum Gasteiger partial charge on any atom is 2.00 e. The third-order valence-corrected chi connectivity index (χ3v) is 4.96. The average molecular weight is 588 g/mol. The molecule has 0 bridgehead atoms. The van der Waals surface area contributed by atoms with Gasteiger partial charge in [0.05, 0.1) is 0 Å². The summed E-state index contributed by atoms with van der Waals surface area (Å²) < 4.78 is 29.7. The minimum atomic E-state index is 0. The first-order valence-corrected chi connectivity index (χ1v) is 12.5. The van der Waals surface area contributed by atoms with E-state index in [0.717, 1.165) is 79.3 Å². The second kappa shape index (κ2) is 43.2. The van der Waals surface area contributed by atoms with Crippen LogP contribution < -0.4 is 37.2 Å². The van der Waals surface area contributed by atoms with E-state index in [9.17, 15) is 0 Å². The van der Waals surface area contributed by atoms with E-state index in [4.69, 9.17) is 28.4 Å². The van der Waals surface area contributed by atoms with Gasteiger partial charge in [0.2, 0.25) is 0 Å². The Balaban J connectivity index is -0.0000001000. The predicted molar refractivity (Wildman–Crippen MR) is 132 cm³/mol. The van der Waals surface area contributed by atoms with Gasteiger partial charge in [0.1, 0.15) is 0 Å². The van der Waals surface area contributed by atoms with E-state index in [1.807, 2.05) is 0 Å². The molecule has 0 aromatic carbocycles. The van der Waals surface area contributed by atoms with Crippen LogP contribution >= 0.6 is 0 Å². The summed E-state index contributed by atoms with van der Waals surface area (Å²) in [6, 6.07) is 0. The molecule has 6 aliphatic rings. The van der Waals surface area contributed by atoms with E-state index >= 15 is 0 Å². The van der Waals surface area contributed by atoms with Gasteiger partial charge in [-0.2, -0.15) is 0 Å². The van der Waals surface area contributed by atoms with Crippen LogP contribution in [0.15, 0.2) is 0 Å². The standard InChI is InChI=1S/6C4H8O.3ClH.2Mg/c6*1-2-4-5-3-1;;;;;/h6*1-4H2;3*1H;;/q;;;;;;;;;2*+2/p-3. The van der Waals surface area contributed by atoms with E-state index in [1.54, 1.807) is 0 Å². The van der Waals surface area contributed by atoms with E-state index in [1.165, 1.54) is 77.0 Å². The zero-order chi connectivity index (χ0) is 21.2. The van der Waals surface area contributed by atoms with E-state index in [-0.39, 0.29) is 83.3 Å². The van der Waals surface area contributed by atoms with Crippen LogP contribution in [-0.2, 0) is 28.4 Å². The van der Waals surface area contributed by atoms with Crippen molar-refractivity contribution >= 4 is 46.1 Å². The molecular formula is C24H48Cl3Mg2O6+. The van der Waals surface area contributed by atoms with Gasteiger partial charge in [-0.15, -0.1) is 0 Å². The first kappa shape index (κ1) is 47.0. The van der Waals surface area contributed by atoms with Gasteiger partial charge in [0.15, 0.2) is 0 Å². The van der Waals surface area contributed by atoms with Crippen molar-refractivity contribution in [3.8, 4) is 0 Å². The van der Waals surface area contributed by atoms with Crippen molar-refractivity contribution in [2.75, 3.05) is 79.3 Å². The van der Waals surface area contributed by atoms with E-state index < -0.39 is 0 Å². The Bertz CT molecular complexity index is 194. The van der Waals surface area contributed by atoms with Crippen molar-refractivity contribution in [3.05, 3.63) is 0 Å². The molecule has 0 radical (unpaired) electrons. The first-order valence-electron chi connectivity index (χ1n) is 12.5. The fraction of sp³-hybridized carbons (Fsp3) is 1.00. The molecular weight excluding hydrogens is 539 g/mol. The molecule has 11 heteroatoms. The molecule has 0 unspecified atom stereocenters. The number of rotatable bonds is 0. The van der Waals surface area contributed by atoms with Crippen LogP contribution in [0.4, 0.5) is 0 Å². The molecule has 35 heavy (non-hydrogen) atoms. The molecule has 6 aliphatic heterocycles. The molecule has 0 aromatic heterocycles. The van der Waals surface area contributed by atoms with Crippen molar-refractivity contribution in [1.82, 2.24) is 0 Å². The molecule has 0 aromatic rings. The Morgan fingerprint density at radius 2 is 0.286 bits per heavy atom. The third kappa shape index (κ3) is 40.8. The van der Waals surface area contributed by atoms with E-state index in [0.29, 0.717) is 0 Å². The quantitative estimate of drug-likeness (QED) is 0.265. The van der Waals surface area contributed by atoms with Crippen molar-refractivity contribution in [1.29, 1.82) is 0 Å². The molecule has 0 saturated carbocycles. The maximum absolute atomic E-state index is 4.94. The Morgan fingerprint density at radius 1 is 0.200 bits per heavy atom. The first-order chi connectivity index (χ1) is 15.0. The molecule has 0 amide bonds. The van der Waals surface area contributed by atoms with Crippen LogP contribution in [-0.4, -0.2) is 125 Å². The SMILES string of the molecule is C1CCOC1.C1CCOC1.C1CCOC1.C1CCOC1.C1CCOC1.C1CCOC1.[Cl-].[Cl-].[Cl-].[Mg+2].[Mg+2]. The third-order valence-electron chi connectivity index (χ3n) is 4.96. The average Bonchev–Trinajstić information content (AvgIpc) is 3.69. The molecule has 0 aliphatic carbocycles. The van der Waals surface area contributed by atoms with Crippen molar-refractivity contribution < 1.29 is 65.6 Å². The van der Waals surface area contributed by atoms with E-state index in [2.05, 4.69) is 0 Å². The van der Waals surface area contributed by atoms with Gasteiger partial charge < -0.3 is 65.6 Å². The van der Waals surface area contributed by atoms with Gasteiger partial charge in [-0.1, -0.05) is 0 Å². The van der Waals surface area contributed by atoms with Crippen molar-refractivity contribution in [3.63, 3.8) is 0 Å². The zero-order valence-corrected chi connectivity index (χ0v) is 27.1. The van der Waals surface area contributed by atoms with Crippen LogP contribution in [0.3, 0.4) is 0 Å². The second-order valence-electron chi connectivity index (χ2n) is 7.92. The summed E-state index contributed by atoms with van der Waals surface area (Å²) in [5.41, 5.74) is 0. The summed E-state index contributed by atoms with van der Waals surface area (Å²) in [4.78, 5) is 0. The van der Waals surface area contributed by atoms with Gasteiger partial charge in [0, 0.05) is 79.3 Å². The summed E-state index contributed by atoms with van der Waals surface area (Å²) >= 11 is 0. The van der Waals surface area contributed by atoms with Gasteiger partial charge in [-0.05, 0) is 77.0 Å². The van der Waals surface area contributed by atoms with Gasteiger partial charge in [0.25, 0.3) is 0 Å². The topological polar surface area (TPSA) is 55.4 Å².